The normalized spacial score (nSPS) is 24.3. The summed E-state index contributed by atoms with van der Waals surface area (Å²) in [6.07, 6.45) is 6.22. The summed E-state index contributed by atoms with van der Waals surface area (Å²) in [5.41, 5.74) is 6.14. The molecule has 1 saturated carbocycles. The molecule has 98 valence electrons. The quantitative estimate of drug-likeness (QED) is 0.909. The molecule has 18 heavy (non-hydrogen) atoms. The van der Waals surface area contributed by atoms with E-state index in [0.29, 0.717) is 18.3 Å². The molecule has 0 radical (unpaired) electrons. The van der Waals surface area contributed by atoms with Crippen molar-refractivity contribution in [1.82, 2.24) is 9.88 Å². The minimum atomic E-state index is 0.111. The summed E-state index contributed by atoms with van der Waals surface area (Å²) in [6, 6.07) is 0.467. The zero-order chi connectivity index (χ0) is 12.5. The van der Waals surface area contributed by atoms with E-state index >= 15 is 0 Å². The molecule has 4 nitrogen and oxygen atoms in total. The standard InChI is InChI=1S/C13H19N3OS/c14-7-12-15-10(8-18-12)13(17)16-6-2-5-11(16)9-3-1-4-9/h8-9,11H,1-7,14H2. The van der Waals surface area contributed by atoms with E-state index in [0.717, 1.165) is 23.9 Å². The van der Waals surface area contributed by atoms with Gasteiger partial charge < -0.3 is 10.6 Å². The van der Waals surface area contributed by atoms with Crippen LogP contribution in [0.25, 0.3) is 0 Å². The summed E-state index contributed by atoms with van der Waals surface area (Å²) in [5, 5.41) is 2.69. The summed E-state index contributed by atoms with van der Waals surface area (Å²) in [4.78, 5) is 18.8. The van der Waals surface area contributed by atoms with Crippen molar-refractivity contribution in [1.29, 1.82) is 0 Å². The fourth-order valence-corrected chi connectivity index (χ4v) is 3.66. The molecule has 1 saturated heterocycles. The third kappa shape index (κ3) is 2.06. The molecule has 0 spiro atoms. The van der Waals surface area contributed by atoms with E-state index in [2.05, 4.69) is 9.88 Å². The zero-order valence-corrected chi connectivity index (χ0v) is 11.3. The highest BCUT2D eigenvalue weighted by Crippen LogP contribution is 2.37. The molecular formula is C13H19N3OS. The Kier molecular flexibility index (Phi) is 3.35. The van der Waals surface area contributed by atoms with Crippen LogP contribution in [-0.2, 0) is 6.54 Å². The van der Waals surface area contributed by atoms with Crippen LogP contribution in [0.4, 0.5) is 0 Å². The van der Waals surface area contributed by atoms with Crippen molar-refractivity contribution in [3.63, 3.8) is 0 Å². The zero-order valence-electron chi connectivity index (χ0n) is 10.5. The highest BCUT2D eigenvalue weighted by molar-refractivity contribution is 7.09. The van der Waals surface area contributed by atoms with Crippen LogP contribution in [0, 0.1) is 5.92 Å². The number of carbonyl (C=O) groups excluding carboxylic acids is 1. The van der Waals surface area contributed by atoms with Crippen molar-refractivity contribution >= 4 is 17.2 Å². The Labute approximate surface area is 111 Å². The van der Waals surface area contributed by atoms with Gasteiger partial charge in [-0.2, -0.15) is 0 Å². The Morgan fingerprint density at radius 3 is 2.89 bits per heavy atom. The average molecular weight is 265 g/mol. The molecule has 2 fully saturated rings. The maximum atomic E-state index is 12.5. The van der Waals surface area contributed by atoms with E-state index < -0.39 is 0 Å². The summed E-state index contributed by atoms with van der Waals surface area (Å²) >= 11 is 1.48. The second kappa shape index (κ2) is 4.97. The number of nitrogens with zero attached hydrogens (tertiary/aromatic N) is 2. The summed E-state index contributed by atoms with van der Waals surface area (Å²) in [5.74, 6) is 0.851. The first kappa shape index (κ1) is 12.1. The fraction of sp³-hybridized carbons (Fsp3) is 0.692. The molecule has 1 aromatic heterocycles. The number of hydrogen-bond donors (Lipinski definition) is 1. The number of thiazole rings is 1. The van der Waals surface area contributed by atoms with Crippen molar-refractivity contribution < 1.29 is 4.79 Å². The van der Waals surface area contributed by atoms with Gasteiger partial charge in [0.1, 0.15) is 10.7 Å². The predicted octanol–water partition coefficient (Wildman–Crippen LogP) is 2.01. The van der Waals surface area contributed by atoms with Crippen LogP contribution < -0.4 is 5.73 Å². The number of aromatic nitrogens is 1. The number of hydrogen-bond acceptors (Lipinski definition) is 4. The lowest BCUT2D eigenvalue weighted by Gasteiger charge is -2.36. The van der Waals surface area contributed by atoms with Gasteiger partial charge in [-0.15, -0.1) is 11.3 Å². The molecule has 1 aliphatic heterocycles. The number of likely N-dealkylation sites (tertiary alicyclic amines) is 1. The summed E-state index contributed by atoms with van der Waals surface area (Å²) in [6.45, 7) is 1.32. The van der Waals surface area contributed by atoms with Gasteiger partial charge in [0.15, 0.2) is 0 Å². The van der Waals surface area contributed by atoms with Crippen LogP contribution in [0.5, 0.6) is 0 Å². The van der Waals surface area contributed by atoms with Gasteiger partial charge in [0.25, 0.3) is 5.91 Å². The third-order valence-electron chi connectivity index (χ3n) is 4.20. The molecule has 2 N–H and O–H groups in total. The van der Waals surface area contributed by atoms with Gasteiger partial charge in [0.05, 0.1) is 0 Å². The third-order valence-corrected chi connectivity index (χ3v) is 5.07. The van der Waals surface area contributed by atoms with Crippen molar-refractivity contribution in [3.8, 4) is 0 Å². The Bertz CT molecular complexity index is 441. The van der Waals surface area contributed by atoms with Crippen molar-refractivity contribution in [3.05, 3.63) is 16.1 Å². The van der Waals surface area contributed by atoms with E-state index in [4.69, 9.17) is 5.73 Å². The molecule has 0 aromatic carbocycles. The molecule has 1 atom stereocenters. The Hall–Kier alpha value is -0.940. The lowest BCUT2D eigenvalue weighted by molar-refractivity contribution is 0.0621. The monoisotopic (exact) mass is 265 g/mol. The van der Waals surface area contributed by atoms with E-state index in [1.165, 1.54) is 37.0 Å². The Morgan fingerprint density at radius 2 is 2.28 bits per heavy atom. The largest absolute Gasteiger partial charge is 0.334 e. The molecule has 1 amide bonds. The van der Waals surface area contributed by atoms with Crippen LogP contribution >= 0.6 is 11.3 Å². The lowest BCUT2D eigenvalue weighted by atomic mass is 9.79. The van der Waals surface area contributed by atoms with Crippen LogP contribution in [0.1, 0.15) is 47.6 Å². The molecule has 2 aliphatic rings. The summed E-state index contributed by atoms with van der Waals surface area (Å²) < 4.78 is 0. The lowest BCUT2D eigenvalue weighted by Crippen LogP contribution is -2.42. The van der Waals surface area contributed by atoms with Crippen molar-refractivity contribution in [2.75, 3.05) is 6.54 Å². The topological polar surface area (TPSA) is 59.2 Å². The minimum absolute atomic E-state index is 0.111. The highest BCUT2D eigenvalue weighted by Gasteiger charge is 2.38. The smallest absolute Gasteiger partial charge is 0.273 e. The summed E-state index contributed by atoms with van der Waals surface area (Å²) in [7, 11) is 0. The van der Waals surface area contributed by atoms with Gasteiger partial charge in [-0.1, -0.05) is 6.42 Å². The molecule has 5 heteroatoms. The second-order valence-electron chi connectivity index (χ2n) is 5.23. The second-order valence-corrected chi connectivity index (χ2v) is 6.17. The van der Waals surface area contributed by atoms with Crippen LogP contribution in [0.3, 0.4) is 0 Å². The van der Waals surface area contributed by atoms with Crippen molar-refractivity contribution in [2.45, 2.75) is 44.7 Å². The predicted molar refractivity (Wildman–Crippen MR) is 71.4 cm³/mol. The van der Waals surface area contributed by atoms with Gasteiger partial charge >= 0.3 is 0 Å². The molecule has 2 heterocycles. The van der Waals surface area contributed by atoms with Gasteiger partial charge in [-0.25, -0.2) is 4.98 Å². The first-order chi connectivity index (χ1) is 8.79. The van der Waals surface area contributed by atoms with E-state index in [9.17, 15) is 4.79 Å². The highest BCUT2D eigenvalue weighted by atomic mass is 32.1. The average Bonchev–Trinajstić information content (AvgIpc) is 2.94. The number of rotatable bonds is 3. The maximum absolute atomic E-state index is 12.5. The van der Waals surface area contributed by atoms with Crippen molar-refractivity contribution in [2.24, 2.45) is 11.7 Å². The molecular weight excluding hydrogens is 246 g/mol. The number of nitrogens with two attached hydrogens (primary N) is 1. The molecule has 1 aromatic rings. The van der Waals surface area contributed by atoms with Crippen LogP contribution in [0.2, 0.25) is 0 Å². The first-order valence-electron chi connectivity index (χ1n) is 6.75. The SMILES string of the molecule is NCc1nc(C(=O)N2CCCC2C2CCC2)cs1. The van der Waals surface area contributed by atoms with Gasteiger partial charge in [0.2, 0.25) is 0 Å². The maximum Gasteiger partial charge on any atom is 0.273 e. The van der Waals surface area contributed by atoms with E-state index in [1.54, 1.807) is 0 Å². The molecule has 1 unspecified atom stereocenters. The number of amides is 1. The van der Waals surface area contributed by atoms with E-state index in [-0.39, 0.29) is 5.91 Å². The van der Waals surface area contributed by atoms with Gasteiger partial charge in [-0.3, -0.25) is 4.79 Å². The van der Waals surface area contributed by atoms with Crippen LogP contribution in [-0.4, -0.2) is 28.4 Å². The Morgan fingerprint density at radius 1 is 1.44 bits per heavy atom. The minimum Gasteiger partial charge on any atom is -0.334 e. The fourth-order valence-electron chi connectivity index (χ4n) is 3.01. The molecule has 0 bridgehead atoms. The molecule has 1 aliphatic carbocycles. The van der Waals surface area contributed by atoms with Crippen LogP contribution in [0.15, 0.2) is 5.38 Å². The Balaban J connectivity index is 1.74. The van der Waals surface area contributed by atoms with E-state index in [1.807, 2.05) is 5.38 Å². The van der Waals surface area contributed by atoms with Gasteiger partial charge in [0, 0.05) is 24.5 Å². The number of carbonyl (C=O) groups is 1. The van der Waals surface area contributed by atoms with Gasteiger partial charge in [-0.05, 0) is 31.6 Å². The molecule has 3 rings (SSSR count). The first-order valence-corrected chi connectivity index (χ1v) is 7.63.